The third-order valence-corrected chi connectivity index (χ3v) is 12.6. The summed E-state index contributed by atoms with van der Waals surface area (Å²) in [5, 5.41) is 23.8. The summed E-state index contributed by atoms with van der Waals surface area (Å²) in [7, 11) is 0. The van der Waals surface area contributed by atoms with E-state index in [4.69, 9.17) is 4.74 Å². The topological polar surface area (TPSA) is 95.9 Å². The maximum Gasteiger partial charge on any atom is 0.306 e. The lowest BCUT2D eigenvalue weighted by molar-refractivity contribution is -0.151. The number of nitrogens with one attached hydrogen (secondary N) is 1. The van der Waals surface area contributed by atoms with Crippen LogP contribution < -0.4 is 5.32 Å². The molecule has 0 saturated heterocycles. The molecule has 3 unspecified atom stereocenters. The predicted molar refractivity (Wildman–Crippen MR) is 260 cm³/mol. The molecule has 0 saturated carbocycles. The van der Waals surface area contributed by atoms with Crippen LogP contribution in [0.5, 0.6) is 0 Å². The van der Waals surface area contributed by atoms with Gasteiger partial charge in [-0.25, -0.2) is 0 Å². The van der Waals surface area contributed by atoms with Crippen molar-refractivity contribution in [1.82, 2.24) is 5.32 Å². The molecule has 0 aliphatic heterocycles. The SMILES string of the molecule is CCCCC/C=C\CCCCCCCC(=O)OC(CCCCCCCCCCCCCCC)CC(=O)NC(CO)C(O)CCCCCCCCCCCCCCCCCC. The number of carbonyl (C=O) groups is 2. The molecule has 0 aromatic carbocycles. The van der Waals surface area contributed by atoms with E-state index in [9.17, 15) is 19.8 Å². The molecule has 3 N–H and O–H groups in total. The van der Waals surface area contributed by atoms with Crippen LogP contribution in [0.15, 0.2) is 12.2 Å². The highest BCUT2D eigenvalue weighted by atomic mass is 16.5. The lowest BCUT2D eigenvalue weighted by atomic mass is 10.0. The van der Waals surface area contributed by atoms with Gasteiger partial charge in [0.25, 0.3) is 0 Å². The fourth-order valence-corrected chi connectivity index (χ4v) is 8.49. The number of aliphatic hydroxyl groups is 2. The van der Waals surface area contributed by atoms with Gasteiger partial charge in [0.05, 0.1) is 25.2 Å². The number of hydrogen-bond acceptors (Lipinski definition) is 5. The minimum absolute atomic E-state index is 0.0816. The number of hydrogen-bond donors (Lipinski definition) is 3. The van der Waals surface area contributed by atoms with Crippen LogP contribution in [-0.4, -0.2) is 46.9 Å². The summed E-state index contributed by atoms with van der Waals surface area (Å²) >= 11 is 0. The minimum Gasteiger partial charge on any atom is -0.462 e. The smallest absolute Gasteiger partial charge is 0.306 e. The number of unbranched alkanes of at least 4 members (excludes halogenated alkanes) is 35. The average Bonchev–Trinajstić information content (AvgIpc) is 3.24. The van der Waals surface area contributed by atoms with Crippen LogP contribution in [0.2, 0.25) is 0 Å². The lowest BCUT2D eigenvalue weighted by Crippen LogP contribution is -2.46. The molecule has 0 aliphatic carbocycles. The van der Waals surface area contributed by atoms with E-state index in [2.05, 4.69) is 38.2 Å². The van der Waals surface area contributed by atoms with Crippen molar-refractivity contribution >= 4 is 11.9 Å². The van der Waals surface area contributed by atoms with E-state index in [1.807, 2.05) is 0 Å². The van der Waals surface area contributed by atoms with Crippen LogP contribution in [0.25, 0.3) is 0 Å². The number of esters is 1. The molecule has 0 fully saturated rings. The van der Waals surface area contributed by atoms with Gasteiger partial charge in [-0.2, -0.15) is 0 Å². The van der Waals surface area contributed by atoms with E-state index >= 15 is 0 Å². The van der Waals surface area contributed by atoms with Crippen LogP contribution in [0.1, 0.15) is 297 Å². The zero-order valence-corrected chi connectivity index (χ0v) is 40.6. The van der Waals surface area contributed by atoms with E-state index in [1.165, 1.54) is 199 Å². The van der Waals surface area contributed by atoms with Crippen LogP contribution >= 0.6 is 0 Å². The summed E-state index contributed by atoms with van der Waals surface area (Å²) in [5.74, 6) is -0.466. The van der Waals surface area contributed by atoms with Crippen molar-refractivity contribution in [2.75, 3.05) is 6.61 Å². The molecule has 0 spiro atoms. The van der Waals surface area contributed by atoms with Crippen molar-refractivity contribution in [2.45, 2.75) is 315 Å². The third kappa shape index (κ3) is 43.3. The van der Waals surface area contributed by atoms with Gasteiger partial charge in [0.2, 0.25) is 5.91 Å². The highest BCUT2D eigenvalue weighted by Gasteiger charge is 2.24. The van der Waals surface area contributed by atoms with Crippen LogP contribution in [0.4, 0.5) is 0 Å². The zero-order valence-electron chi connectivity index (χ0n) is 40.6. The first kappa shape index (κ1) is 58.6. The molecule has 3 atom stereocenters. The fourth-order valence-electron chi connectivity index (χ4n) is 8.49. The summed E-state index contributed by atoms with van der Waals surface area (Å²) in [5.41, 5.74) is 0. The van der Waals surface area contributed by atoms with E-state index in [1.54, 1.807) is 0 Å². The van der Waals surface area contributed by atoms with Gasteiger partial charge in [0.1, 0.15) is 6.10 Å². The Hall–Kier alpha value is -1.40. The summed E-state index contributed by atoms with van der Waals surface area (Å²) < 4.78 is 5.93. The Labute approximate surface area is 374 Å². The van der Waals surface area contributed by atoms with Gasteiger partial charge >= 0.3 is 5.97 Å². The standard InChI is InChI=1S/C54H105NO5/c1-4-7-10-13-16-19-22-25-26-27-29-31-34-37-40-43-46-52(57)51(49-56)55-53(58)48-50(45-42-39-36-33-30-28-23-20-17-14-11-8-5-2)60-54(59)47-44-41-38-35-32-24-21-18-15-12-9-6-3/h18,21,50-52,56-57H,4-17,19-20,22-49H2,1-3H3,(H,55,58)/b21-18-. The normalized spacial score (nSPS) is 13.2. The predicted octanol–water partition coefficient (Wildman–Crippen LogP) is 16.1. The first-order valence-electron chi connectivity index (χ1n) is 26.9. The number of rotatable bonds is 49. The zero-order chi connectivity index (χ0) is 43.8. The molecule has 0 aromatic rings. The van der Waals surface area contributed by atoms with Crippen molar-refractivity contribution in [3.05, 3.63) is 12.2 Å². The molecule has 6 nitrogen and oxygen atoms in total. The Bertz CT molecular complexity index is 909. The Balaban J connectivity index is 4.48. The van der Waals surface area contributed by atoms with Gasteiger partial charge in [0.15, 0.2) is 0 Å². The summed E-state index contributed by atoms with van der Waals surface area (Å²) in [4.78, 5) is 26.1. The Morgan fingerprint density at radius 1 is 0.467 bits per heavy atom. The minimum atomic E-state index is -0.783. The molecule has 356 valence electrons. The second-order valence-electron chi connectivity index (χ2n) is 18.6. The Morgan fingerprint density at radius 3 is 1.22 bits per heavy atom. The molecule has 0 heterocycles. The van der Waals surface area contributed by atoms with E-state index in [-0.39, 0.29) is 24.9 Å². The molecule has 0 radical (unpaired) electrons. The second-order valence-corrected chi connectivity index (χ2v) is 18.6. The average molecular weight is 848 g/mol. The number of aliphatic hydroxyl groups excluding tert-OH is 2. The molecule has 60 heavy (non-hydrogen) atoms. The quantitative estimate of drug-likeness (QED) is 0.0322. The molecule has 0 aromatic heterocycles. The van der Waals surface area contributed by atoms with Crippen molar-refractivity contribution in [1.29, 1.82) is 0 Å². The van der Waals surface area contributed by atoms with Gasteiger partial charge < -0.3 is 20.3 Å². The highest BCUT2D eigenvalue weighted by Crippen LogP contribution is 2.19. The van der Waals surface area contributed by atoms with Gasteiger partial charge in [-0.15, -0.1) is 0 Å². The lowest BCUT2D eigenvalue weighted by Gasteiger charge is -2.24. The number of allylic oxidation sites excluding steroid dienone is 2. The molecule has 0 aliphatic rings. The van der Waals surface area contributed by atoms with Gasteiger partial charge in [-0.3, -0.25) is 9.59 Å². The molecular weight excluding hydrogens is 743 g/mol. The Morgan fingerprint density at radius 2 is 0.800 bits per heavy atom. The summed E-state index contributed by atoms with van der Waals surface area (Å²) in [6.07, 6.45) is 54.1. The van der Waals surface area contributed by atoms with Gasteiger partial charge in [0, 0.05) is 6.42 Å². The number of carbonyl (C=O) groups excluding carboxylic acids is 2. The molecule has 6 heteroatoms. The largest absolute Gasteiger partial charge is 0.462 e. The molecule has 1 amide bonds. The Kier molecular flexibility index (Phi) is 47.5. The number of amides is 1. The fraction of sp³-hybridized carbons (Fsp3) is 0.926. The van der Waals surface area contributed by atoms with Gasteiger partial charge in [-0.1, -0.05) is 245 Å². The van der Waals surface area contributed by atoms with Gasteiger partial charge in [-0.05, 0) is 51.4 Å². The van der Waals surface area contributed by atoms with Crippen LogP contribution in [0.3, 0.4) is 0 Å². The highest BCUT2D eigenvalue weighted by molar-refractivity contribution is 5.77. The van der Waals surface area contributed by atoms with E-state index < -0.39 is 18.2 Å². The van der Waals surface area contributed by atoms with Crippen molar-refractivity contribution in [3.63, 3.8) is 0 Å². The number of ether oxygens (including phenoxy) is 1. The third-order valence-electron chi connectivity index (χ3n) is 12.6. The van der Waals surface area contributed by atoms with E-state index in [0.29, 0.717) is 19.3 Å². The molecule has 0 rings (SSSR count). The summed E-state index contributed by atoms with van der Waals surface area (Å²) in [6.45, 7) is 6.49. The molecule has 0 bridgehead atoms. The summed E-state index contributed by atoms with van der Waals surface area (Å²) in [6, 6.07) is -0.696. The first-order chi connectivity index (χ1) is 29.5. The van der Waals surface area contributed by atoms with Crippen LogP contribution in [0, 0.1) is 0 Å². The first-order valence-corrected chi connectivity index (χ1v) is 26.9. The molecular formula is C54H105NO5. The van der Waals surface area contributed by atoms with Crippen molar-refractivity contribution in [2.24, 2.45) is 0 Å². The maximum atomic E-state index is 13.2. The monoisotopic (exact) mass is 848 g/mol. The second kappa shape index (κ2) is 48.6. The maximum absolute atomic E-state index is 13.2. The van der Waals surface area contributed by atoms with Crippen molar-refractivity contribution in [3.8, 4) is 0 Å². The van der Waals surface area contributed by atoms with E-state index in [0.717, 1.165) is 51.4 Å². The van der Waals surface area contributed by atoms with Crippen LogP contribution in [-0.2, 0) is 14.3 Å². The van der Waals surface area contributed by atoms with Crippen molar-refractivity contribution < 1.29 is 24.5 Å².